The number of carbonyl (C=O) groups is 1. The topological polar surface area (TPSA) is 57.3 Å². The van der Waals surface area contributed by atoms with Gasteiger partial charge in [0, 0.05) is 25.3 Å². The zero-order chi connectivity index (χ0) is 16.2. The van der Waals surface area contributed by atoms with Gasteiger partial charge in [-0.3, -0.25) is 4.98 Å². The number of urea groups is 1. The Labute approximate surface area is 136 Å². The first-order valence-corrected chi connectivity index (χ1v) is 7.92. The van der Waals surface area contributed by atoms with Gasteiger partial charge in [0.2, 0.25) is 0 Å². The molecule has 1 fully saturated rings. The first-order chi connectivity index (χ1) is 11.1. The summed E-state index contributed by atoms with van der Waals surface area (Å²) in [6.07, 6.45) is 0. The molecule has 0 aliphatic carbocycles. The Morgan fingerprint density at radius 3 is 2.74 bits per heavy atom. The van der Waals surface area contributed by atoms with Gasteiger partial charge < -0.3 is 15.5 Å². The molecule has 1 aromatic heterocycles. The predicted octanol–water partition coefficient (Wildman–Crippen LogP) is 2.88. The van der Waals surface area contributed by atoms with E-state index < -0.39 is 0 Å². The average molecular weight is 310 g/mol. The van der Waals surface area contributed by atoms with E-state index in [9.17, 15) is 4.79 Å². The van der Waals surface area contributed by atoms with Gasteiger partial charge >= 0.3 is 6.03 Å². The summed E-state index contributed by atoms with van der Waals surface area (Å²) in [5, 5.41) is 6.44. The van der Waals surface area contributed by atoms with Crippen LogP contribution in [0.2, 0.25) is 0 Å². The molecule has 2 N–H and O–H groups in total. The van der Waals surface area contributed by atoms with Crippen molar-refractivity contribution >= 4 is 11.7 Å². The van der Waals surface area contributed by atoms with Crippen molar-refractivity contribution in [1.82, 2.24) is 15.2 Å². The fourth-order valence-corrected chi connectivity index (χ4v) is 2.86. The molecule has 1 atom stereocenters. The lowest BCUT2D eigenvalue weighted by atomic mass is 10.0. The summed E-state index contributed by atoms with van der Waals surface area (Å²) < 4.78 is 0. The van der Waals surface area contributed by atoms with Gasteiger partial charge in [0.25, 0.3) is 0 Å². The minimum absolute atomic E-state index is 0.0683. The van der Waals surface area contributed by atoms with Crippen LogP contribution in [0.5, 0.6) is 0 Å². The lowest BCUT2D eigenvalue weighted by Gasteiger charge is -2.34. The molecule has 120 valence electrons. The summed E-state index contributed by atoms with van der Waals surface area (Å²) in [6, 6.07) is 14.2. The van der Waals surface area contributed by atoms with E-state index in [1.165, 1.54) is 5.56 Å². The summed E-state index contributed by atoms with van der Waals surface area (Å²) in [5.41, 5.74) is 3.77. The quantitative estimate of drug-likeness (QED) is 0.897. The van der Waals surface area contributed by atoms with Crippen LogP contribution in [0.4, 0.5) is 10.5 Å². The van der Waals surface area contributed by atoms with Crippen molar-refractivity contribution in [3.63, 3.8) is 0 Å². The fourth-order valence-electron chi connectivity index (χ4n) is 2.86. The number of benzene rings is 1. The van der Waals surface area contributed by atoms with E-state index in [0.29, 0.717) is 13.1 Å². The summed E-state index contributed by atoms with van der Waals surface area (Å²) in [6.45, 7) is 6.01. The second kappa shape index (κ2) is 6.79. The van der Waals surface area contributed by atoms with Crippen molar-refractivity contribution in [2.24, 2.45) is 0 Å². The molecule has 5 nitrogen and oxygen atoms in total. The van der Waals surface area contributed by atoms with E-state index >= 15 is 0 Å². The van der Waals surface area contributed by atoms with Gasteiger partial charge in [0.1, 0.15) is 0 Å². The molecule has 1 aliphatic heterocycles. The Morgan fingerprint density at radius 1 is 1.22 bits per heavy atom. The van der Waals surface area contributed by atoms with E-state index in [1.807, 2.05) is 49.1 Å². The number of pyridine rings is 1. The minimum Gasteiger partial charge on any atom is -0.321 e. The summed E-state index contributed by atoms with van der Waals surface area (Å²) >= 11 is 0. The van der Waals surface area contributed by atoms with Crippen LogP contribution >= 0.6 is 0 Å². The number of carbonyl (C=O) groups excluding carboxylic acids is 1. The maximum Gasteiger partial charge on any atom is 0.322 e. The Kier molecular flexibility index (Phi) is 4.57. The number of aromatic nitrogens is 1. The highest BCUT2D eigenvalue weighted by Crippen LogP contribution is 2.19. The lowest BCUT2D eigenvalue weighted by Crippen LogP contribution is -2.49. The van der Waals surface area contributed by atoms with Crippen molar-refractivity contribution in [2.45, 2.75) is 19.9 Å². The van der Waals surface area contributed by atoms with Crippen LogP contribution in [0, 0.1) is 13.8 Å². The van der Waals surface area contributed by atoms with Gasteiger partial charge in [-0.1, -0.05) is 30.3 Å². The first-order valence-electron chi connectivity index (χ1n) is 7.92. The van der Waals surface area contributed by atoms with Crippen molar-refractivity contribution in [2.75, 3.05) is 25.0 Å². The summed E-state index contributed by atoms with van der Waals surface area (Å²) in [5.74, 6) is 0. The van der Waals surface area contributed by atoms with Crippen molar-refractivity contribution in [1.29, 1.82) is 0 Å². The molecule has 1 unspecified atom stereocenters. The highest BCUT2D eigenvalue weighted by molar-refractivity contribution is 5.90. The number of nitrogens with zero attached hydrogens (tertiary/aromatic N) is 2. The van der Waals surface area contributed by atoms with Gasteiger partial charge in [0.05, 0.1) is 17.4 Å². The third-order valence-corrected chi connectivity index (χ3v) is 4.13. The van der Waals surface area contributed by atoms with E-state index in [2.05, 4.69) is 27.8 Å². The first kappa shape index (κ1) is 15.5. The van der Waals surface area contributed by atoms with Crippen LogP contribution < -0.4 is 10.6 Å². The number of piperazine rings is 1. The molecule has 0 spiro atoms. The van der Waals surface area contributed by atoms with Crippen LogP contribution in [-0.2, 0) is 0 Å². The Balaban J connectivity index is 1.67. The lowest BCUT2D eigenvalue weighted by molar-refractivity contribution is 0.190. The Bertz CT molecular complexity index is 687. The largest absolute Gasteiger partial charge is 0.322 e. The number of aryl methyl sites for hydroxylation is 2. The van der Waals surface area contributed by atoms with Crippen LogP contribution in [0.1, 0.15) is 23.0 Å². The smallest absolute Gasteiger partial charge is 0.321 e. The maximum absolute atomic E-state index is 12.5. The van der Waals surface area contributed by atoms with Gasteiger partial charge in [-0.25, -0.2) is 4.79 Å². The van der Waals surface area contributed by atoms with Gasteiger partial charge in [0.15, 0.2) is 0 Å². The SMILES string of the molecule is Cc1ccc(NC(=O)N2CCNC(c3ccccc3)C2)c(C)n1. The Morgan fingerprint density at radius 2 is 2.00 bits per heavy atom. The second-order valence-corrected chi connectivity index (χ2v) is 5.88. The Hall–Kier alpha value is -2.40. The average Bonchev–Trinajstić information content (AvgIpc) is 2.58. The molecule has 0 saturated carbocycles. The molecular weight excluding hydrogens is 288 g/mol. The molecular formula is C18H22N4O. The van der Waals surface area contributed by atoms with Crippen molar-refractivity contribution < 1.29 is 4.79 Å². The van der Waals surface area contributed by atoms with E-state index in [-0.39, 0.29) is 12.1 Å². The highest BCUT2D eigenvalue weighted by Gasteiger charge is 2.24. The molecule has 2 heterocycles. The number of amides is 2. The molecule has 1 saturated heterocycles. The third-order valence-electron chi connectivity index (χ3n) is 4.13. The fraction of sp³-hybridized carbons (Fsp3) is 0.333. The van der Waals surface area contributed by atoms with Crippen LogP contribution in [0.25, 0.3) is 0 Å². The van der Waals surface area contributed by atoms with E-state index in [0.717, 1.165) is 23.6 Å². The van der Waals surface area contributed by atoms with Crippen LogP contribution in [-0.4, -0.2) is 35.5 Å². The number of rotatable bonds is 2. The maximum atomic E-state index is 12.5. The monoisotopic (exact) mass is 310 g/mol. The van der Waals surface area contributed by atoms with Gasteiger partial charge in [-0.05, 0) is 31.5 Å². The summed E-state index contributed by atoms with van der Waals surface area (Å²) in [4.78, 5) is 18.8. The highest BCUT2D eigenvalue weighted by atomic mass is 16.2. The van der Waals surface area contributed by atoms with Crippen LogP contribution in [0.3, 0.4) is 0 Å². The third kappa shape index (κ3) is 3.68. The molecule has 2 amide bonds. The standard InChI is InChI=1S/C18H22N4O/c1-13-8-9-16(14(2)20-13)21-18(23)22-11-10-19-17(12-22)15-6-4-3-5-7-15/h3-9,17,19H,10-12H2,1-2H3,(H,21,23). The molecule has 23 heavy (non-hydrogen) atoms. The molecule has 0 radical (unpaired) electrons. The van der Waals surface area contributed by atoms with Crippen molar-refractivity contribution in [3.05, 3.63) is 59.4 Å². The van der Waals surface area contributed by atoms with Crippen LogP contribution in [0.15, 0.2) is 42.5 Å². The van der Waals surface area contributed by atoms with Gasteiger partial charge in [-0.2, -0.15) is 0 Å². The zero-order valence-electron chi connectivity index (χ0n) is 13.5. The van der Waals surface area contributed by atoms with E-state index in [1.54, 1.807) is 0 Å². The number of anilines is 1. The molecule has 0 bridgehead atoms. The molecule has 1 aromatic carbocycles. The number of nitrogens with one attached hydrogen (secondary N) is 2. The zero-order valence-corrected chi connectivity index (χ0v) is 13.5. The minimum atomic E-state index is -0.0683. The molecule has 3 rings (SSSR count). The molecule has 5 heteroatoms. The van der Waals surface area contributed by atoms with Gasteiger partial charge in [-0.15, -0.1) is 0 Å². The molecule has 1 aliphatic rings. The van der Waals surface area contributed by atoms with Crippen molar-refractivity contribution in [3.8, 4) is 0 Å². The number of hydrogen-bond acceptors (Lipinski definition) is 3. The molecule has 2 aromatic rings. The van der Waals surface area contributed by atoms with E-state index in [4.69, 9.17) is 0 Å². The normalized spacial score (nSPS) is 17.8. The predicted molar refractivity (Wildman–Crippen MR) is 91.5 cm³/mol. The number of hydrogen-bond donors (Lipinski definition) is 2. The summed E-state index contributed by atoms with van der Waals surface area (Å²) in [7, 11) is 0. The second-order valence-electron chi connectivity index (χ2n) is 5.88.